The highest BCUT2D eigenvalue weighted by atomic mass is 16.5. The molecule has 0 saturated carbocycles. The number of para-hydroxylation sites is 1. The van der Waals surface area contributed by atoms with Gasteiger partial charge in [-0.25, -0.2) is 0 Å². The van der Waals surface area contributed by atoms with E-state index in [4.69, 9.17) is 15.7 Å². The molecule has 1 aromatic carbocycles. The molecular formula is C14H21N3O2. The van der Waals surface area contributed by atoms with Crippen molar-refractivity contribution in [2.24, 2.45) is 5.73 Å². The zero-order chi connectivity index (χ0) is 14.3. The Morgan fingerprint density at radius 2 is 2.16 bits per heavy atom. The molecule has 0 aliphatic heterocycles. The number of hydrogen-bond donors (Lipinski definition) is 3. The van der Waals surface area contributed by atoms with Crippen LogP contribution in [0.2, 0.25) is 0 Å². The molecule has 0 unspecified atom stereocenters. The number of nitrogens with zero attached hydrogens (tertiary/aromatic N) is 1. The summed E-state index contributed by atoms with van der Waals surface area (Å²) in [6, 6.07) is 9.00. The molecule has 1 rings (SSSR count). The second-order valence-electron chi connectivity index (χ2n) is 5.04. The first-order valence-electron chi connectivity index (χ1n) is 6.23. The Morgan fingerprint density at radius 1 is 1.47 bits per heavy atom. The molecule has 0 aliphatic rings. The number of nitrogens with two attached hydrogens (primary N) is 1. The highest BCUT2D eigenvalue weighted by Crippen LogP contribution is 2.16. The minimum Gasteiger partial charge on any atom is -0.489 e. The van der Waals surface area contributed by atoms with Gasteiger partial charge in [-0.3, -0.25) is 0 Å². The van der Waals surface area contributed by atoms with E-state index in [2.05, 4.69) is 5.32 Å². The SMILES string of the molecule is CC(C)(CN)NC[C@H](O)COc1ccccc1C#N. The Labute approximate surface area is 114 Å². The molecule has 0 amide bonds. The Morgan fingerprint density at radius 3 is 2.79 bits per heavy atom. The average Bonchev–Trinajstić information content (AvgIpc) is 2.43. The molecule has 0 aromatic heterocycles. The highest BCUT2D eigenvalue weighted by Gasteiger charge is 2.16. The van der Waals surface area contributed by atoms with E-state index in [0.29, 0.717) is 24.4 Å². The molecular weight excluding hydrogens is 242 g/mol. The van der Waals surface area contributed by atoms with Gasteiger partial charge < -0.3 is 20.9 Å². The molecule has 0 aliphatic carbocycles. The summed E-state index contributed by atoms with van der Waals surface area (Å²) in [6.07, 6.45) is -0.655. The fraction of sp³-hybridized carbons (Fsp3) is 0.500. The van der Waals surface area contributed by atoms with E-state index in [1.807, 2.05) is 19.9 Å². The summed E-state index contributed by atoms with van der Waals surface area (Å²) in [6.45, 7) is 4.93. The minimum absolute atomic E-state index is 0.131. The van der Waals surface area contributed by atoms with Gasteiger partial charge >= 0.3 is 0 Å². The second kappa shape index (κ2) is 7.10. The number of aliphatic hydroxyl groups is 1. The predicted octanol–water partition coefficient (Wildman–Crippen LogP) is 0.625. The normalized spacial score (nSPS) is 12.8. The van der Waals surface area contributed by atoms with E-state index in [1.165, 1.54) is 0 Å². The van der Waals surface area contributed by atoms with Crippen LogP contribution in [0.5, 0.6) is 5.75 Å². The van der Waals surface area contributed by atoms with Crippen molar-refractivity contribution in [3.05, 3.63) is 29.8 Å². The van der Waals surface area contributed by atoms with Gasteiger partial charge in [0.05, 0.1) is 5.56 Å². The summed E-state index contributed by atoms with van der Waals surface area (Å²) in [5.74, 6) is 0.488. The Hall–Kier alpha value is -1.61. The summed E-state index contributed by atoms with van der Waals surface area (Å²) in [5, 5.41) is 21.9. The van der Waals surface area contributed by atoms with E-state index in [9.17, 15) is 5.11 Å². The van der Waals surface area contributed by atoms with E-state index in [1.54, 1.807) is 24.3 Å². The molecule has 5 heteroatoms. The van der Waals surface area contributed by atoms with Crippen molar-refractivity contribution >= 4 is 0 Å². The van der Waals surface area contributed by atoms with Crippen LogP contribution in [-0.4, -0.2) is 36.4 Å². The van der Waals surface area contributed by atoms with Crippen molar-refractivity contribution in [1.82, 2.24) is 5.32 Å². The fourth-order valence-electron chi connectivity index (χ4n) is 1.40. The molecule has 4 N–H and O–H groups in total. The molecule has 0 radical (unpaired) electrons. The van der Waals surface area contributed by atoms with Crippen LogP contribution in [0.1, 0.15) is 19.4 Å². The van der Waals surface area contributed by atoms with Gasteiger partial charge in [-0.1, -0.05) is 12.1 Å². The second-order valence-corrected chi connectivity index (χ2v) is 5.04. The molecule has 0 saturated heterocycles. The molecule has 0 spiro atoms. The lowest BCUT2D eigenvalue weighted by Gasteiger charge is -2.26. The maximum Gasteiger partial charge on any atom is 0.137 e. The Bertz CT molecular complexity index is 441. The summed E-state index contributed by atoms with van der Waals surface area (Å²) < 4.78 is 5.44. The molecule has 0 bridgehead atoms. The van der Waals surface area contributed by atoms with Crippen LogP contribution in [-0.2, 0) is 0 Å². The van der Waals surface area contributed by atoms with Crippen LogP contribution >= 0.6 is 0 Å². The van der Waals surface area contributed by atoms with Crippen LogP contribution in [0, 0.1) is 11.3 Å². The monoisotopic (exact) mass is 263 g/mol. The van der Waals surface area contributed by atoms with E-state index in [-0.39, 0.29) is 12.1 Å². The van der Waals surface area contributed by atoms with Crippen LogP contribution in [0.4, 0.5) is 0 Å². The van der Waals surface area contributed by atoms with E-state index >= 15 is 0 Å². The van der Waals surface area contributed by atoms with Crippen molar-refractivity contribution in [3.63, 3.8) is 0 Å². The third-order valence-corrected chi connectivity index (χ3v) is 2.77. The highest BCUT2D eigenvalue weighted by molar-refractivity contribution is 5.42. The van der Waals surface area contributed by atoms with Gasteiger partial charge in [0.2, 0.25) is 0 Å². The third-order valence-electron chi connectivity index (χ3n) is 2.77. The zero-order valence-electron chi connectivity index (χ0n) is 11.4. The minimum atomic E-state index is -0.655. The van der Waals surface area contributed by atoms with Crippen molar-refractivity contribution in [3.8, 4) is 11.8 Å². The molecule has 1 atom stereocenters. The standard InChI is InChI=1S/C14H21N3O2/c1-14(2,10-16)17-8-12(18)9-19-13-6-4-3-5-11(13)7-15/h3-6,12,17-18H,8-10,16H2,1-2H3/t12-/m0/s1. The van der Waals surface area contributed by atoms with Crippen LogP contribution in [0.15, 0.2) is 24.3 Å². The van der Waals surface area contributed by atoms with Gasteiger partial charge in [0.1, 0.15) is 24.5 Å². The third kappa shape index (κ3) is 5.26. The van der Waals surface area contributed by atoms with Crippen molar-refractivity contribution in [1.29, 1.82) is 5.26 Å². The lowest BCUT2D eigenvalue weighted by Crippen LogP contribution is -2.49. The lowest BCUT2D eigenvalue weighted by atomic mass is 10.1. The zero-order valence-corrected chi connectivity index (χ0v) is 11.4. The number of ether oxygens (including phenoxy) is 1. The fourth-order valence-corrected chi connectivity index (χ4v) is 1.40. The summed E-state index contributed by atoms with van der Waals surface area (Å²) >= 11 is 0. The molecule has 1 aromatic rings. The van der Waals surface area contributed by atoms with Gasteiger partial charge in [0.25, 0.3) is 0 Å². The van der Waals surface area contributed by atoms with Gasteiger partial charge in [0, 0.05) is 18.6 Å². The lowest BCUT2D eigenvalue weighted by molar-refractivity contribution is 0.0992. The van der Waals surface area contributed by atoms with E-state index in [0.717, 1.165) is 0 Å². The molecule has 104 valence electrons. The van der Waals surface area contributed by atoms with Gasteiger partial charge in [-0.05, 0) is 26.0 Å². The number of aliphatic hydroxyl groups excluding tert-OH is 1. The number of nitriles is 1. The van der Waals surface area contributed by atoms with Crippen molar-refractivity contribution in [2.45, 2.75) is 25.5 Å². The van der Waals surface area contributed by atoms with E-state index < -0.39 is 6.10 Å². The number of hydrogen-bond acceptors (Lipinski definition) is 5. The first-order chi connectivity index (χ1) is 8.98. The van der Waals surface area contributed by atoms with Crippen LogP contribution in [0.25, 0.3) is 0 Å². The summed E-state index contributed by atoms with van der Waals surface area (Å²) in [5.41, 5.74) is 5.83. The van der Waals surface area contributed by atoms with Gasteiger partial charge in [-0.15, -0.1) is 0 Å². The largest absolute Gasteiger partial charge is 0.489 e. The average molecular weight is 263 g/mol. The van der Waals surface area contributed by atoms with Gasteiger partial charge in [-0.2, -0.15) is 5.26 Å². The van der Waals surface area contributed by atoms with Crippen molar-refractivity contribution < 1.29 is 9.84 Å². The first-order valence-corrected chi connectivity index (χ1v) is 6.23. The van der Waals surface area contributed by atoms with Gasteiger partial charge in [0.15, 0.2) is 0 Å². The quantitative estimate of drug-likeness (QED) is 0.671. The maximum absolute atomic E-state index is 9.82. The number of β-amino-alcohol motifs (C(OH)–C–C–N with tert-alkyl or cyclic N) is 1. The maximum atomic E-state index is 9.82. The first kappa shape index (κ1) is 15.4. The molecule has 19 heavy (non-hydrogen) atoms. The Kier molecular flexibility index (Phi) is 5.77. The summed E-state index contributed by atoms with van der Waals surface area (Å²) in [7, 11) is 0. The van der Waals surface area contributed by atoms with Crippen molar-refractivity contribution in [2.75, 3.05) is 19.7 Å². The van der Waals surface area contributed by atoms with Crippen LogP contribution < -0.4 is 15.8 Å². The number of nitrogens with one attached hydrogen (secondary N) is 1. The Balaban J connectivity index is 2.42. The summed E-state index contributed by atoms with van der Waals surface area (Å²) in [4.78, 5) is 0. The topological polar surface area (TPSA) is 91.3 Å². The number of benzene rings is 1. The van der Waals surface area contributed by atoms with Crippen LogP contribution in [0.3, 0.4) is 0 Å². The molecule has 5 nitrogen and oxygen atoms in total. The molecule has 0 heterocycles. The molecule has 0 fully saturated rings. The smallest absolute Gasteiger partial charge is 0.137 e. The predicted molar refractivity (Wildman–Crippen MR) is 73.8 cm³/mol. The number of rotatable bonds is 7.